The van der Waals surface area contributed by atoms with Crippen LogP contribution in [0.15, 0.2) is 410 Å². The van der Waals surface area contributed by atoms with Gasteiger partial charge in [0.25, 0.3) is 0 Å². The molecule has 25 aromatic rings. The van der Waals surface area contributed by atoms with Crippen molar-refractivity contribution in [3.05, 3.63) is 421 Å². The number of fused-ring (bicyclic) bond motifs is 19. The number of hydrogen-bond acceptors (Lipinski definition) is 0. The number of imidazole rings is 6. The molecular formula is C111H91N17+6. The van der Waals surface area contributed by atoms with Gasteiger partial charge in [-0.1, -0.05) is 123 Å². The van der Waals surface area contributed by atoms with Crippen molar-refractivity contribution in [1.82, 2.24) is 50.2 Å². The summed E-state index contributed by atoms with van der Waals surface area (Å²) in [6.45, 7) is 4.71. The molecule has 11 aromatic heterocycles. The summed E-state index contributed by atoms with van der Waals surface area (Å²) in [6.07, 6.45) is 37.5. The van der Waals surface area contributed by atoms with Crippen LogP contribution < -0.4 is 27.4 Å². The molecule has 614 valence electrons. The lowest BCUT2D eigenvalue weighted by Gasteiger charge is -2.21. The highest BCUT2D eigenvalue weighted by Crippen LogP contribution is 2.52. The second-order valence-electron chi connectivity index (χ2n) is 34.8. The average molecular weight is 1660 g/mol. The molecule has 11 heterocycles. The number of rotatable bonds is 11. The van der Waals surface area contributed by atoms with E-state index < -0.39 is 0 Å². The molecule has 0 N–H and O–H groups in total. The Morgan fingerprint density at radius 3 is 0.828 bits per heavy atom. The molecular weight excluding hydrogens is 1570 g/mol. The number of hydrogen-bond donors (Lipinski definition) is 0. The van der Waals surface area contributed by atoms with Gasteiger partial charge in [-0.05, 0) is 210 Å². The molecule has 0 bridgehead atoms. The van der Waals surface area contributed by atoms with Crippen LogP contribution in [0.3, 0.4) is 0 Å². The summed E-state index contributed by atoms with van der Waals surface area (Å²) in [4.78, 5) is 0. The van der Waals surface area contributed by atoms with Crippen molar-refractivity contribution < 1.29 is 27.4 Å². The van der Waals surface area contributed by atoms with Gasteiger partial charge in [0.1, 0.15) is 108 Å². The number of aryl methyl sites for hydroxylation is 6. The quantitative estimate of drug-likeness (QED) is 0.116. The molecule has 0 radical (unpaired) electrons. The van der Waals surface area contributed by atoms with Gasteiger partial charge in [0.2, 0.25) is 38.0 Å². The van der Waals surface area contributed by atoms with E-state index in [9.17, 15) is 0 Å². The minimum Gasteiger partial charge on any atom is -0.309 e. The fourth-order valence-electron chi connectivity index (χ4n) is 20.2. The zero-order valence-corrected chi connectivity index (χ0v) is 72.3. The summed E-state index contributed by atoms with van der Waals surface area (Å²) in [5.41, 5.74) is 30.1. The van der Waals surface area contributed by atoms with Gasteiger partial charge in [-0.3, -0.25) is 0 Å². The molecule has 0 saturated heterocycles. The summed E-state index contributed by atoms with van der Waals surface area (Å²) >= 11 is 0. The summed E-state index contributed by atoms with van der Waals surface area (Å²) in [6, 6.07) is 109. The van der Waals surface area contributed by atoms with Crippen molar-refractivity contribution in [1.29, 1.82) is 0 Å². The number of aromatic nitrogens is 17. The van der Waals surface area contributed by atoms with E-state index in [4.69, 9.17) is 0 Å². The van der Waals surface area contributed by atoms with Crippen molar-refractivity contribution in [2.45, 2.75) is 19.3 Å². The molecule has 0 unspecified atom stereocenters. The van der Waals surface area contributed by atoms with Gasteiger partial charge in [-0.15, -0.1) is 0 Å². The Hall–Kier alpha value is -16.7. The smallest absolute Gasteiger partial charge is 0.248 e. The Balaban J connectivity index is 0.000000107. The summed E-state index contributed by atoms with van der Waals surface area (Å²) in [5.74, 6) is 0. The minimum absolute atomic E-state index is 0.0553. The Kier molecular flexibility index (Phi) is 17.2. The van der Waals surface area contributed by atoms with Crippen LogP contribution in [0.2, 0.25) is 0 Å². The first kappa shape index (κ1) is 75.1. The molecule has 1 aliphatic carbocycles. The summed E-state index contributed by atoms with van der Waals surface area (Å²) in [7, 11) is 12.3. The Morgan fingerprint density at radius 2 is 0.461 bits per heavy atom. The van der Waals surface area contributed by atoms with Crippen LogP contribution >= 0.6 is 0 Å². The zero-order chi connectivity index (χ0) is 85.9. The second kappa shape index (κ2) is 29.3. The van der Waals surface area contributed by atoms with E-state index in [2.05, 4.69) is 522 Å². The predicted molar refractivity (Wildman–Crippen MR) is 512 cm³/mol. The van der Waals surface area contributed by atoms with Crippen molar-refractivity contribution in [2.75, 3.05) is 0 Å². The van der Waals surface area contributed by atoms with Crippen LogP contribution in [0.5, 0.6) is 0 Å². The highest BCUT2D eigenvalue weighted by molar-refractivity contribution is 6.25. The SMILES string of the molecule is C[n+]1ccn(-c2ccc(-n3c4ccc(-n5cc[n+](C)c5)cc4c4cc5c(cc43)C(C)(C)c3ccccc3-5)cc2)c1.C[n+]1ccn(-c2ccc(-n3c4ccccc4c4cc5c(cc43)c3ccccc3n5-c3ccc(-n4cc[n+](C)c4)cc3)cc2)c1.C[n+]1ccn(-c2ccc3c(c2)c2ccc4c5cc(-n6cc[n+](C)c6)ccc5n(-c5ccccc5)c4c2n3-c2ccccc2)c1. The lowest BCUT2D eigenvalue weighted by atomic mass is 9.82. The molecule has 0 fully saturated rings. The molecule has 128 heavy (non-hydrogen) atoms. The van der Waals surface area contributed by atoms with Crippen LogP contribution in [-0.2, 0) is 47.7 Å². The monoisotopic (exact) mass is 1660 g/mol. The summed E-state index contributed by atoms with van der Waals surface area (Å²) < 4.78 is 37.5. The molecule has 14 aromatic carbocycles. The second-order valence-corrected chi connectivity index (χ2v) is 34.8. The Labute approximate surface area is 738 Å². The van der Waals surface area contributed by atoms with Crippen LogP contribution in [0.1, 0.15) is 25.0 Å². The number of para-hydroxylation sites is 4. The van der Waals surface area contributed by atoms with E-state index in [-0.39, 0.29) is 5.41 Å². The van der Waals surface area contributed by atoms with Gasteiger partial charge in [-0.2, -0.15) is 0 Å². The molecule has 26 rings (SSSR count). The molecule has 0 amide bonds. The molecule has 0 atom stereocenters. The largest absolute Gasteiger partial charge is 0.309 e. The molecule has 0 spiro atoms. The number of nitrogens with zero attached hydrogens (tertiary/aromatic N) is 17. The molecule has 1 aliphatic rings. The maximum Gasteiger partial charge on any atom is 0.248 e. The maximum absolute atomic E-state index is 2.44. The van der Waals surface area contributed by atoms with Crippen LogP contribution in [0, 0.1) is 0 Å². The molecule has 0 aliphatic heterocycles. The van der Waals surface area contributed by atoms with E-state index >= 15 is 0 Å². The van der Waals surface area contributed by atoms with Crippen molar-refractivity contribution >= 4 is 109 Å². The predicted octanol–water partition coefficient (Wildman–Crippen LogP) is 20.5. The Morgan fingerprint density at radius 1 is 0.188 bits per heavy atom. The standard InChI is InChI=1S/2C38H30N6.C35H31N5/c1-39-19-21-41(25-39)27-11-15-29(16-12-27)43-35-9-5-3-7-31(35)33-24-38-34(23-37(33)43)32-8-4-6-10-36(32)44(38)30-17-13-28(14-18-30)42-22-20-40(2)26-42;1-39-19-21-41(25-39)29-13-17-35-33(23-29)31-15-16-32-34-24-30(42-22-20-40(2)26-42)14-18-36(34)44(28-11-7-4-8-12-28)38(32)37(31)43(35)27-9-5-3-6-10-27;1-35(2)31-8-6-5-7-27(31)28-20-30-29-19-26(39-18-16-37(4)23-39)13-14-33(29)40(34(30)21-32(28)35)25-11-9-24(10-12-25)38-17-15-36(3)22-38/h2*3-26H,1-2H3;5-23H,1-4H3/q3*+2. The first-order chi connectivity index (χ1) is 62.6. The van der Waals surface area contributed by atoms with E-state index in [1.807, 2.05) is 21.1 Å². The van der Waals surface area contributed by atoms with Crippen molar-refractivity contribution in [2.24, 2.45) is 42.3 Å². The van der Waals surface area contributed by atoms with Gasteiger partial charge in [0, 0.05) is 87.7 Å². The van der Waals surface area contributed by atoms with Crippen molar-refractivity contribution in [3.8, 4) is 73.7 Å². The molecule has 17 nitrogen and oxygen atoms in total. The average Bonchev–Trinajstić information content (AvgIpc) is 1.57. The van der Waals surface area contributed by atoms with E-state index in [1.165, 1.54) is 131 Å². The molecule has 0 saturated carbocycles. The van der Waals surface area contributed by atoms with E-state index in [1.54, 1.807) is 0 Å². The summed E-state index contributed by atoms with van der Waals surface area (Å²) in [5, 5.41) is 12.4. The third kappa shape index (κ3) is 12.2. The topological polar surface area (TPSA) is 77.5 Å². The first-order valence-electron chi connectivity index (χ1n) is 43.5. The third-order valence-electron chi connectivity index (χ3n) is 26.3. The fraction of sp³-hybridized carbons (Fsp3) is 0.0811. The van der Waals surface area contributed by atoms with Crippen LogP contribution in [-0.4, -0.2) is 50.2 Å². The normalized spacial score (nSPS) is 12.4. The van der Waals surface area contributed by atoms with Crippen molar-refractivity contribution in [3.63, 3.8) is 0 Å². The van der Waals surface area contributed by atoms with Crippen LogP contribution in [0.4, 0.5) is 0 Å². The van der Waals surface area contributed by atoms with E-state index in [0.717, 1.165) is 62.6 Å². The van der Waals surface area contributed by atoms with Gasteiger partial charge >= 0.3 is 0 Å². The first-order valence-corrected chi connectivity index (χ1v) is 43.5. The highest BCUT2D eigenvalue weighted by Gasteiger charge is 2.37. The lowest BCUT2D eigenvalue weighted by molar-refractivity contribution is -0.670. The fourth-order valence-corrected chi connectivity index (χ4v) is 20.2. The van der Waals surface area contributed by atoms with Gasteiger partial charge in [0.15, 0.2) is 0 Å². The Bertz CT molecular complexity index is 8360. The molecule has 17 heteroatoms. The highest BCUT2D eigenvalue weighted by atomic mass is 15.1. The van der Waals surface area contributed by atoms with E-state index in [0.29, 0.717) is 0 Å². The minimum atomic E-state index is -0.0553. The zero-order valence-electron chi connectivity index (χ0n) is 72.3. The lowest BCUT2D eigenvalue weighted by Crippen LogP contribution is -2.23. The third-order valence-corrected chi connectivity index (χ3v) is 26.3. The van der Waals surface area contributed by atoms with Gasteiger partial charge in [0.05, 0.1) is 97.5 Å². The van der Waals surface area contributed by atoms with Gasteiger partial charge in [-0.25, -0.2) is 54.8 Å². The van der Waals surface area contributed by atoms with Crippen LogP contribution in [0.25, 0.3) is 183 Å². The van der Waals surface area contributed by atoms with Gasteiger partial charge < -0.3 is 22.8 Å². The maximum atomic E-state index is 2.44. The number of benzene rings is 14.